The van der Waals surface area contributed by atoms with E-state index in [0.29, 0.717) is 5.56 Å². The molecule has 2 rings (SSSR count). The summed E-state index contributed by atoms with van der Waals surface area (Å²) in [5.41, 5.74) is 0.490. The zero-order chi connectivity index (χ0) is 12.7. The van der Waals surface area contributed by atoms with Gasteiger partial charge in [-0.25, -0.2) is 0 Å². The summed E-state index contributed by atoms with van der Waals surface area (Å²) in [4.78, 5) is 12.1. The lowest BCUT2D eigenvalue weighted by molar-refractivity contribution is 0.0887. The SMILES string of the molecule is CC.O=C(c1ccccc1O)C1CCCCC1. The average Bonchev–Trinajstić information content (AvgIpc) is 2.42. The Morgan fingerprint density at radius 3 is 2.29 bits per heavy atom. The van der Waals surface area contributed by atoms with Crippen molar-refractivity contribution in [3.05, 3.63) is 29.8 Å². The quantitative estimate of drug-likeness (QED) is 0.779. The van der Waals surface area contributed by atoms with Gasteiger partial charge in [-0.3, -0.25) is 4.79 Å². The van der Waals surface area contributed by atoms with Crippen molar-refractivity contribution in [2.45, 2.75) is 46.0 Å². The number of carbonyl (C=O) groups excluding carboxylic acids is 1. The first-order valence-corrected chi connectivity index (χ1v) is 6.61. The molecule has 1 aromatic carbocycles. The maximum atomic E-state index is 12.1. The van der Waals surface area contributed by atoms with Crippen LogP contribution >= 0.6 is 0 Å². The molecule has 1 saturated carbocycles. The molecule has 0 aliphatic heterocycles. The second-order valence-electron chi connectivity index (χ2n) is 4.22. The zero-order valence-corrected chi connectivity index (χ0v) is 10.8. The van der Waals surface area contributed by atoms with E-state index in [4.69, 9.17) is 0 Å². The van der Waals surface area contributed by atoms with Gasteiger partial charge < -0.3 is 5.11 Å². The molecule has 2 heteroatoms. The number of phenolic OH excluding ortho intramolecular Hbond substituents is 1. The summed E-state index contributed by atoms with van der Waals surface area (Å²) >= 11 is 0. The second-order valence-corrected chi connectivity index (χ2v) is 4.22. The van der Waals surface area contributed by atoms with Gasteiger partial charge in [-0.15, -0.1) is 0 Å². The number of rotatable bonds is 2. The Bertz CT molecular complexity index is 352. The fourth-order valence-corrected chi connectivity index (χ4v) is 2.27. The van der Waals surface area contributed by atoms with Crippen LogP contribution in [0, 0.1) is 5.92 Å². The van der Waals surface area contributed by atoms with Crippen LogP contribution in [-0.4, -0.2) is 10.9 Å². The number of carbonyl (C=O) groups is 1. The normalized spacial score (nSPS) is 15.9. The van der Waals surface area contributed by atoms with Crippen molar-refractivity contribution in [1.82, 2.24) is 0 Å². The molecule has 1 aliphatic carbocycles. The van der Waals surface area contributed by atoms with Crippen LogP contribution in [0.2, 0.25) is 0 Å². The number of Topliss-reactive ketones (excluding diaryl/α,β-unsaturated/α-hetero) is 1. The minimum atomic E-state index is 0.118. The lowest BCUT2D eigenvalue weighted by atomic mass is 9.84. The van der Waals surface area contributed by atoms with Crippen molar-refractivity contribution in [3.63, 3.8) is 0 Å². The van der Waals surface area contributed by atoms with E-state index in [1.807, 2.05) is 13.8 Å². The molecule has 0 aromatic heterocycles. The minimum Gasteiger partial charge on any atom is -0.507 e. The molecule has 0 spiro atoms. The van der Waals surface area contributed by atoms with Crippen molar-refractivity contribution < 1.29 is 9.90 Å². The van der Waals surface area contributed by atoms with Crippen LogP contribution < -0.4 is 0 Å². The fourth-order valence-electron chi connectivity index (χ4n) is 2.27. The van der Waals surface area contributed by atoms with Gasteiger partial charge in [-0.1, -0.05) is 45.2 Å². The molecule has 0 heterocycles. The van der Waals surface area contributed by atoms with E-state index in [9.17, 15) is 9.90 Å². The maximum absolute atomic E-state index is 12.1. The summed E-state index contributed by atoms with van der Waals surface area (Å²) in [6, 6.07) is 6.84. The first-order chi connectivity index (χ1) is 8.29. The molecule has 0 unspecified atom stereocenters. The molecule has 1 fully saturated rings. The summed E-state index contributed by atoms with van der Waals surface area (Å²) in [5.74, 6) is 0.368. The molecule has 2 nitrogen and oxygen atoms in total. The van der Waals surface area contributed by atoms with Crippen molar-refractivity contribution in [1.29, 1.82) is 0 Å². The number of para-hydroxylation sites is 1. The van der Waals surface area contributed by atoms with E-state index in [1.54, 1.807) is 24.3 Å². The average molecular weight is 234 g/mol. The molecule has 17 heavy (non-hydrogen) atoms. The first kappa shape index (κ1) is 13.8. The summed E-state index contributed by atoms with van der Waals surface area (Å²) in [6.07, 6.45) is 5.49. The first-order valence-electron chi connectivity index (χ1n) is 6.61. The third kappa shape index (κ3) is 3.58. The Morgan fingerprint density at radius 2 is 1.71 bits per heavy atom. The Labute approximate surface area is 104 Å². The third-order valence-corrected chi connectivity index (χ3v) is 3.15. The van der Waals surface area contributed by atoms with Crippen molar-refractivity contribution in [3.8, 4) is 5.75 Å². The predicted octanol–water partition coefficient (Wildman–Crippen LogP) is 4.18. The van der Waals surface area contributed by atoms with E-state index in [-0.39, 0.29) is 17.5 Å². The van der Waals surface area contributed by atoms with Gasteiger partial charge in [0.05, 0.1) is 5.56 Å². The van der Waals surface area contributed by atoms with Crippen LogP contribution in [0.15, 0.2) is 24.3 Å². The van der Waals surface area contributed by atoms with Crippen molar-refractivity contribution in [2.75, 3.05) is 0 Å². The molecule has 0 atom stereocenters. The van der Waals surface area contributed by atoms with Gasteiger partial charge in [0.1, 0.15) is 5.75 Å². The molecule has 1 aliphatic rings. The number of aromatic hydroxyl groups is 1. The van der Waals surface area contributed by atoms with Crippen molar-refractivity contribution >= 4 is 5.78 Å². The number of hydrogen-bond acceptors (Lipinski definition) is 2. The fraction of sp³-hybridized carbons (Fsp3) is 0.533. The van der Waals surface area contributed by atoms with E-state index < -0.39 is 0 Å². The maximum Gasteiger partial charge on any atom is 0.169 e. The van der Waals surface area contributed by atoms with E-state index in [2.05, 4.69) is 0 Å². The highest BCUT2D eigenvalue weighted by Gasteiger charge is 2.23. The van der Waals surface area contributed by atoms with E-state index in [0.717, 1.165) is 25.7 Å². The Kier molecular flexibility index (Phi) is 5.75. The number of hydrogen-bond donors (Lipinski definition) is 1. The molecule has 0 saturated heterocycles. The van der Waals surface area contributed by atoms with Gasteiger partial charge in [0.25, 0.3) is 0 Å². The number of ketones is 1. The molecule has 0 amide bonds. The van der Waals surface area contributed by atoms with Gasteiger partial charge in [0, 0.05) is 5.92 Å². The summed E-state index contributed by atoms with van der Waals surface area (Å²) < 4.78 is 0. The lowest BCUT2D eigenvalue weighted by Crippen LogP contribution is -2.17. The highest BCUT2D eigenvalue weighted by molar-refractivity contribution is 6.00. The standard InChI is InChI=1S/C13H16O2.C2H6/c14-12-9-5-4-8-11(12)13(15)10-6-2-1-3-7-10;1-2/h4-5,8-10,14H,1-3,6-7H2;1-2H3. The molecular formula is C15H22O2. The molecular weight excluding hydrogens is 212 g/mol. The Hall–Kier alpha value is -1.31. The van der Waals surface area contributed by atoms with E-state index >= 15 is 0 Å². The van der Waals surface area contributed by atoms with E-state index in [1.165, 1.54) is 6.42 Å². The largest absolute Gasteiger partial charge is 0.507 e. The molecule has 1 N–H and O–H groups in total. The van der Waals surface area contributed by atoms with Gasteiger partial charge in [0.15, 0.2) is 5.78 Å². The van der Waals surface area contributed by atoms with Crippen LogP contribution in [0.3, 0.4) is 0 Å². The van der Waals surface area contributed by atoms with Gasteiger partial charge in [0.2, 0.25) is 0 Å². The predicted molar refractivity (Wildman–Crippen MR) is 70.4 cm³/mol. The molecule has 1 aromatic rings. The summed E-state index contributed by atoms with van der Waals surface area (Å²) in [6.45, 7) is 4.00. The van der Waals surface area contributed by atoms with Gasteiger partial charge >= 0.3 is 0 Å². The topological polar surface area (TPSA) is 37.3 Å². The number of phenols is 1. The Morgan fingerprint density at radius 1 is 1.12 bits per heavy atom. The van der Waals surface area contributed by atoms with Crippen LogP contribution in [0.4, 0.5) is 0 Å². The van der Waals surface area contributed by atoms with Crippen LogP contribution in [-0.2, 0) is 0 Å². The smallest absolute Gasteiger partial charge is 0.169 e. The van der Waals surface area contributed by atoms with Crippen molar-refractivity contribution in [2.24, 2.45) is 5.92 Å². The summed E-state index contributed by atoms with van der Waals surface area (Å²) in [5, 5.41) is 9.59. The second kappa shape index (κ2) is 7.10. The van der Waals surface area contributed by atoms with Crippen LogP contribution in [0.25, 0.3) is 0 Å². The Balaban J connectivity index is 0.000000686. The lowest BCUT2D eigenvalue weighted by Gasteiger charge is -2.20. The van der Waals surface area contributed by atoms with Crippen LogP contribution in [0.1, 0.15) is 56.3 Å². The van der Waals surface area contributed by atoms with Gasteiger partial charge in [-0.05, 0) is 25.0 Å². The minimum absolute atomic E-state index is 0.118. The number of benzene rings is 1. The molecule has 0 bridgehead atoms. The third-order valence-electron chi connectivity index (χ3n) is 3.15. The monoisotopic (exact) mass is 234 g/mol. The zero-order valence-electron chi connectivity index (χ0n) is 10.8. The van der Waals surface area contributed by atoms with Crippen LogP contribution in [0.5, 0.6) is 5.75 Å². The highest BCUT2D eigenvalue weighted by atomic mass is 16.3. The summed E-state index contributed by atoms with van der Waals surface area (Å²) in [7, 11) is 0. The van der Waals surface area contributed by atoms with Gasteiger partial charge in [-0.2, -0.15) is 0 Å². The molecule has 0 radical (unpaired) electrons. The highest BCUT2D eigenvalue weighted by Crippen LogP contribution is 2.29. The molecule has 94 valence electrons.